The van der Waals surface area contributed by atoms with Gasteiger partial charge in [0.2, 0.25) is 0 Å². The van der Waals surface area contributed by atoms with Crippen molar-refractivity contribution in [3.05, 3.63) is 71.7 Å². The summed E-state index contributed by atoms with van der Waals surface area (Å²) in [5.41, 5.74) is 5.75. The molecule has 0 spiro atoms. The molecule has 0 fully saturated rings. The first-order chi connectivity index (χ1) is 13.8. The number of nitrogens with zero attached hydrogens (tertiary/aromatic N) is 4. The summed E-state index contributed by atoms with van der Waals surface area (Å²) in [5, 5.41) is 0.559. The zero-order valence-electron chi connectivity index (χ0n) is 15.1. The van der Waals surface area contributed by atoms with E-state index in [9.17, 15) is 18.0 Å². The molecule has 0 aliphatic heterocycles. The van der Waals surface area contributed by atoms with Gasteiger partial charge in [0.25, 0.3) is 5.91 Å². The van der Waals surface area contributed by atoms with E-state index in [1.165, 1.54) is 10.6 Å². The lowest BCUT2D eigenvalue weighted by molar-refractivity contribution is -0.137. The average Bonchev–Trinajstić information content (AvgIpc) is 3.10. The lowest BCUT2D eigenvalue weighted by Gasteiger charge is -2.14. The first-order valence-electron chi connectivity index (χ1n) is 8.54. The molecular weight excluding hydrogens is 383 g/mol. The van der Waals surface area contributed by atoms with Crippen LogP contribution in [0.25, 0.3) is 28.2 Å². The Hall–Kier alpha value is -3.75. The highest BCUT2D eigenvalue weighted by atomic mass is 19.4. The first kappa shape index (κ1) is 18.6. The zero-order chi connectivity index (χ0) is 20.8. The van der Waals surface area contributed by atoms with Crippen LogP contribution in [-0.2, 0) is 6.18 Å². The average molecular weight is 397 g/mol. The molecule has 9 heteroatoms. The van der Waals surface area contributed by atoms with Gasteiger partial charge in [0, 0.05) is 17.8 Å². The molecule has 0 radical (unpaired) electrons. The Morgan fingerprint density at radius 2 is 1.90 bits per heavy atom. The van der Waals surface area contributed by atoms with Crippen LogP contribution in [0.3, 0.4) is 0 Å². The van der Waals surface area contributed by atoms with Gasteiger partial charge in [0.15, 0.2) is 11.6 Å². The van der Waals surface area contributed by atoms with Crippen LogP contribution in [0.4, 0.5) is 13.2 Å². The minimum absolute atomic E-state index is 0.0274. The lowest BCUT2D eigenvalue weighted by Crippen LogP contribution is -2.19. The highest BCUT2D eigenvalue weighted by Crippen LogP contribution is 2.33. The Kier molecular flexibility index (Phi) is 4.30. The summed E-state index contributed by atoms with van der Waals surface area (Å²) in [6.07, 6.45) is -1.39. The molecule has 4 rings (SSSR count). The number of amides is 1. The van der Waals surface area contributed by atoms with Crippen molar-refractivity contribution in [2.75, 3.05) is 0 Å². The number of hydrogen-bond acceptors (Lipinski definition) is 4. The number of nitrogens with two attached hydrogens (primary N) is 1. The number of halogens is 3. The highest BCUT2D eigenvalue weighted by Gasteiger charge is 2.31. The number of alkyl halides is 3. The second kappa shape index (κ2) is 6.69. The standard InChI is InChI=1S/C20H14F3N5O/c1-11-16(17(24)29)19(27-18(26-11)14-4-2-3-8-25-14)28-9-7-12-5-6-13(10-15(12)28)20(21,22)23/h2-10H,1H3,(H2,24,29). The van der Waals surface area contributed by atoms with E-state index < -0.39 is 17.6 Å². The molecule has 0 aliphatic rings. The van der Waals surface area contributed by atoms with E-state index in [2.05, 4.69) is 15.0 Å². The van der Waals surface area contributed by atoms with Crippen LogP contribution in [0, 0.1) is 6.92 Å². The number of aryl methyl sites for hydroxylation is 1. The summed E-state index contributed by atoms with van der Waals surface area (Å²) in [6, 6.07) is 10.2. The van der Waals surface area contributed by atoms with E-state index in [0.29, 0.717) is 16.8 Å². The SMILES string of the molecule is Cc1nc(-c2ccccn2)nc(-n2ccc3ccc(C(F)(F)F)cc32)c1C(N)=O. The molecule has 1 amide bonds. The monoisotopic (exact) mass is 397 g/mol. The Labute approximate surface area is 162 Å². The molecule has 146 valence electrons. The summed E-state index contributed by atoms with van der Waals surface area (Å²) >= 11 is 0. The number of pyridine rings is 1. The molecule has 3 heterocycles. The third-order valence-corrected chi connectivity index (χ3v) is 4.46. The third-order valence-electron chi connectivity index (χ3n) is 4.46. The van der Waals surface area contributed by atoms with Gasteiger partial charge < -0.3 is 10.3 Å². The molecule has 0 atom stereocenters. The lowest BCUT2D eigenvalue weighted by atomic mass is 10.1. The van der Waals surface area contributed by atoms with Crippen LogP contribution in [0.15, 0.2) is 54.9 Å². The Morgan fingerprint density at radius 1 is 1.10 bits per heavy atom. The van der Waals surface area contributed by atoms with E-state index in [1.807, 2.05) is 0 Å². The topological polar surface area (TPSA) is 86.7 Å². The number of rotatable bonds is 3. The van der Waals surface area contributed by atoms with Crippen molar-refractivity contribution in [1.82, 2.24) is 19.5 Å². The molecule has 0 bridgehead atoms. The smallest absolute Gasteiger partial charge is 0.365 e. The van der Waals surface area contributed by atoms with Crippen molar-refractivity contribution < 1.29 is 18.0 Å². The maximum Gasteiger partial charge on any atom is 0.416 e. The Bertz CT molecular complexity index is 1230. The fourth-order valence-corrected chi connectivity index (χ4v) is 3.12. The quantitative estimate of drug-likeness (QED) is 0.568. The van der Waals surface area contributed by atoms with E-state index in [0.717, 1.165) is 12.1 Å². The largest absolute Gasteiger partial charge is 0.416 e. The van der Waals surface area contributed by atoms with Gasteiger partial charge in [-0.2, -0.15) is 13.2 Å². The number of carbonyl (C=O) groups excluding carboxylic acids is 1. The second-order valence-corrected chi connectivity index (χ2v) is 6.37. The third kappa shape index (κ3) is 3.31. The van der Waals surface area contributed by atoms with Crippen LogP contribution in [0.1, 0.15) is 21.6 Å². The normalized spacial score (nSPS) is 11.7. The molecule has 0 saturated carbocycles. The molecule has 0 saturated heterocycles. The number of primary amides is 1. The molecule has 29 heavy (non-hydrogen) atoms. The van der Waals surface area contributed by atoms with Gasteiger partial charge in [0.05, 0.1) is 16.8 Å². The van der Waals surface area contributed by atoms with Gasteiger partial charge in [0.1, 0.15) is 11.3 Å². The molecular formula is C20H14F3N5O. The summed E-state index contributed by atoms with van der Waals surface area (Å²) in [5.74, 6) is -0.448. The van der Waals surface area contributed by atoms with Crippen LogP contribution >= 0.6 is 0 Å². The van der Waals surface area contributed by atoms with Crippen molar-refractivity contribution in [2.24, 2.45) is 5.73 Å². The molecule has 0 aliphatic carbocycles. The molecule has 6 nitrogen and oxygen atoms in total. The number of fused-ring (bicyclic) bond motifs is 1. The van der Waals surface area contributed by atoms with Crippen molar-refractivity contribution in [2.45, 2.75) is 13.1 Å². The molecule has 3 aromatic heterocycles. The van der Waals surface area contributed by atoms with Crippen molar-refractivity contribution in [3.8, 4) is 17.3 Å². The Morgan fingerprint density at radius 3 is 2.55 bits per heavy atom. The summed E-state index contributed by atoms with van der Waals surface area (Å²) < 4.78 is 41.0. The van der Waals surface area contributed by atoms with E-state index in [-0.39, 0.29) is 22.7 Å². The summed E-state index contributed by atoms with van der Waals surface area (Å²) in [7, 11) is 0. The van der Waals surface area contributed by atoms with Gasteiger partial charge in [-0.15, -0.1) is 0 Å². The predicted molar refractivity (Wildman–Crippen MR) is 100 cm³/mol. The van der Waals surface area contributed by atoms with E-state index in [1.54, 1.807) is 43.6 Å². The second-order valence-electron chi connectivity index (χ2n) is 6.37. The van der Waals surface area contributed by atoms with Crippen LogP contribution in [-0.4, -0.2) is 25.4 Å². The zero-order valence-corrected chi connectivity index (χ0v) is 15.1. The number of carbonyl (C=O) groups is 1. The summed E-state index contributed by atoms with van der Waals surface area (Å²) in [4.78, 5) is 25.0. The number of hydrogen-bond donors (Lipinski definition) is 1. The van der Waals surface area contributed by atoms with Crippen molar-refractivity contribution in [1.29, 1.82) is 0 Å². The van der Waals surface area contributed by atoms with Gasteiger partial charge >= 0.3 is 6.18 Å². The molecule has 4 aromatic rings. The van der Waals surface area contributed by atoms with Crippen molar-refractivity contribution >= 4 is 16.8 Å². The molecule has 1 aromatic carbocycles. The van der Waals surface area contributed by atoms with Crippen LogP contribution in [0.5, 0.6) is 0 Å². The van der Waals surface area contributed by atoms with E-state index in [4.69, 9.17) is 5.73 Å². The molecule has 0 unspecified atom stereocenters. The fraction of sp³-hybridized carbons (Fsp3) is 0.100. The van der Waals surface area contributed by atoms with Crippen LogP contribution < -0.4 is 5.73 Å². The summed E-state index contributed by atoms with van der Waals surface area (Å²) in [6.45, 7) is 1.59. The van der Waals surface area contributed by atoms with E-state index >= 15 is 0 Å². The Balaban J connectivity index is 2.01. The maximum absolute atomic E-state index is 13.2. The maximum atomic E-state index is 13.2. The van der Waals surface area contributed by atoms with Gasteiger partial charge in [-0.1, -0.05) is 12.1 Å². The number of aromatic nitrogens is 4. The van der Waals surface area contributed by atoms with Gasteiger partial charge in [-0.05, 0) is 37.3 Å². The predicted octanol–water partition coefficient (Wildman–Crippen LogP) is 3.91. The van der Waals surface area contributed by atoms with Gasteiger partial charge in [-0.3, -0.25) is 9.78 Å². The van der Waals surface area contributed by atoms with Crippen LogP contribution in [0.2, 0.25) is 0 Å². The minimum Gasteiger partial charge on any atom is -0.365 e. The van der Waals surface area contributed by atoms with Gasteiger partial charge in [-0.25, -0.2) is 9.97 Å². The molecule has 2 N–H and O–H groups in total. The first-order valence-corrected chi connectivity index (χ1v) is 8.54. The fourth-order valence-electron chi connectivity index (χ4n) is 3.12. The van der Waals surface area contributed by atoms with Crippen molar-refractivity contribution in [3.63, 3.8) is 0 Å². The number of benzene rings is 1. The minimum atomic E-state index is -4.50. The highest BCUT2D eigenvalue weighted by molar-refractivity contribution is 5.98.